The second-order valence-electron chi connectivity index (χ2n) is 8.74. The second kappa shape index (κ2) is 8.15. The molecule has 0 radical (unpaired) electrons. The topological polar surface area (TPSA) is 62.5 Å². The van der Waals surface area contributed by atoms with Gasteiger partial charge in [0.15, 0.2) is 5.13 Å². The molecule has 1 aromatic carbocycles. The highest BCUT2D eigenvalue weighted by Crippen LogP contribution is 2.30. The highest BCUT2D eigenvalue weighted by atomic mass is 32.1. The summed E-state index contributed by atoms with van der Waals surface area (Å²) >= 11 is 1.58. The maximum Gasteiger partial charge on any atom is 0.232 e. The number of anilines is 1. The Morgan fingerprint density at radius 3 is 2.78 bits per heavy atom. The number of thiazole rings is 1. The number of imidazole rings is 1. The Bertz CT molecular complexity index is 1340. The van der Waals surface area contributed by atoms with Gasteiger partial charge in [0, 0.05) is 36.1 Å². The number of hydrogen-bond acceptors (Lipinski definition) is 5. The zero-order valence-corrected chi connectivity index (χ0v) is 19.7. The van der Waals surface area contributed by atoms with Gasteiger partial charge in [-0.1, -0.05) is 12.1 Å². The highest BCUT2D eigenvalue weighted by molar-refractivity contribution is 7.15. The summed E-state index contributed by atoms with van der Waals surface area (Å²) in [5.74, 6) is -0.0723. The third-order valence-electron chi connectivity index (χ3n) is 6.16. The van der Waals surface area contributed by atoms with Crippen LogP contribution in [0.25, 0.3) is 16.9 Å². The fourth-order valence-corrected chi connectivity index (χ4v) is 5.28. The highest BCUT2D eigenvalue weighted by Gasteiger charge is 2.21. The maximum atomic E-state index is 13.1. The summed E-state index contributed by atoms with van der Waals surface area (Å²) < 4.78 is 2.03. The van der Waals surface area contributed by atoms with Crippen molar-refractivity contribution in [2.45, 2.75) is 40.2 Å². The lowest BCUT2D eigenvalue weighted by molar-refractivity contribution is -0.115. The van der Waals surface area contributed by atoms with Gasteiger partial charge in [0.1, 0.15) is 5.65 Å². The molecule has 5 rings (SSSR count). The van der Waals surface area contributed by atoms with Gasteiger partial charge in [0.2, 0.25) is 5.91 Å². The van der Waals surface area contributed by atoms with Crippen LogP contribution in [0.2, 0.25) is 0 Å². The Labute approximate surface area is 191 Å². The summed E-state index contributed by atoms with van der Waals surface area (Å²) in [5.41, 5.74) is 8.35. The quantitative estimate of drug-likeness (QED) is 0.501. The number of carbonyl (C=O) groups excluding carboxylic acids is 1. The van der Waals surface area contributed by atoms with Crippen LogP contribution in [-0.4, -0.2) is 38.8 Å². The molecule has 0 fully saturated rings. The van der Waals surface area contributed by atoms with Crippen LogP contribution in [0.3, 0.4) is 0 Å². The molecule has 32 heavy (non-hydrogen) atoms. The lowest BCUT2D eigenvalue weighted by atomic mass is 10.0. The van der Waals surface area contributed by atoms with Crippen molar-refractivity contribution >= 4 is 28.0 Å². The molecule has 7 heteroatoms. The molecule has 0 saturated heterocycles. The lowest BCUT2D eigenvalue weighted by Crippen LogP contribution is -2.25. The third-order valence-corrected chi connectivity index (χ3v) is 7.16. The molecular formula is C25H27N5OS. The van der Waals surface area contributed by atoms with E-state index in [4.69, 9.17) is 4.98 Å². The van der Waals surface area contributed by atoms with E-state index in [2.05, 4.69) is 67.3 Å². The van der Waals surface area contributed by atoms with Crippen molar-refractivity contribution < 1.29 is 4.79 Å². The Kier molecular flexibility index (Phi) is 5.31. The van der Waals surface area contributed by atoms with Crippen LogP contribution < -0.4 is 5.32 Å². The number of hydrogen-bond donors (Lipinski definition) is 1. The van der Waals surface area contributed by atoms with Crippen molar-refractivity contribution in [3.8, 4) is 11.3 Å². The summed E-state index contributed by atoms with van der Waals surface area (Å²) in [6.45, 7) is 8.16. The molecule has 0 spiro atoms. The Morgan fingerprint density at radius 1 is 1.12 bits per heavy atom. The van der Waals surface area contributed by atoms with Crippen LogP contribution in [0.1, 0.15) is 33.0 Å². The van der Waals surface area contributed by atoms with Crippen molar-refractivity contribution in [1.29, 1.82) is 0 Å². The molecule has 1 aliphatic heterocycles. The number of nitrogens with one attached hydrogen (secondary N) is 1. The number of rotatable bonds is 4. The van der Waals surface area contributed by atoms with Crippen LogP contribution in [-0.2, 0) is 24.2 Å². The number of aromatic nitrogens is 3. The average molecular weight is 446 g/mol. The number of benzene rings is 1. The molecule has 0 saturated carbocycles. The molecule has 0 aliphatic carbocycles. The molecule has 0 atom stereocenters. The van der Waals surface area contributed by atoms with Crippen LogP contribution in [0, 0.1) is 20.8 Å². The van der Waals surface area contributed by atoms with Crippen molar-refractivity contribution in [2.75, 3.05) is 18.9 Å². The fourth-order valence-electron chi connectivity index (χ4n) is 4.18. The Balaban J connectivity index is 1.47. The van der Waals surface area contributed by atoms with Gasteiger partial charge in [-0.2, -0.15) is 0 Å². The molecule has 1 amide bonds. The van der Waals surface area contributed by atoms with Gasteiger partial charge in [-0.05, 0) is 62.7 Å². The van der Waals surface area contributed by atoms with Crippen LogP contribution in [0.15, 0.2) is 36.5 Å². The molecule has 4 heterocycles. The van der Waals surface area contributed by atoms with E-state index < -0.39 is 0 Å². The zero-order valence-electron chi connectivity index (χ0n) is 18.9. The molecule has 1 aliphatic rings. The average Bonchev–Trinajstić information content (AvgIpc) is 3.30. The first-order chi connectivity index (χ1) is 15.4. The molecule has 4 aromatic rings. The molecule has 6 nitrogen and oxygen atoms in total. The van der Waals surface area contributed by atoms with E-state index in [1.807, 2.05) is 16.7 Å². The first kappa shape index (κ1) is 20.8. The van der Waals surface area contributed by atoms with Crippen LogP contribution in [0.4, 0.5) is 5.13 Å². The molecular weight excluding hydrogens is 418 g/mol. The molecule has 0 unspecified atom stereocenters. The van der Waals surface area contributed by atoms with E-state index in [-0.39, 0.29) is 12.3 Å². The van der Waals surface area contributed by atoms with Crippen LogP contribution in [0.5, 0.6) is 0 Å². The number of likely N-dealkylation sites (N-methyl/N-ethyl adjacent to an activating group) is 1. The van der Waals surface area contributed by atoms with Crippen LogP contribution >= 0.6 is 11.3 Å². The lowest BCUT2D eigenvalue weighted by Gasteiger charge is -2.20. The predicted octanol–water partition coefficient (Wildman–Crippen LogP) is 4.55. The van der Waals surface area contributed by atoms with Gasteiger partial charge in [-0.3, -0.25) is 4.79 Å². The maximum absolute atomic E-state index is 13.1. The molecule has 164 valence electrons. The van der Waals surface area contributed by atoms with Gasteiger partial charge in [-0.15, -0.1) is 11.3 Å². The summed E-state index contributed by atoms with van der Waals surface area (Å²) in [6, 6.07) is 10.4. The second-order valence-corrected chi connectivity index (χ2v) is 9.82. The summed E-state index contributed by atoms with van der Waals surface area (Å²) in [6.07, 6.45) is 3.17. The first-order valence-electron chi connectivity index (χ1n) is 10.9. The zero-order chi connectivity index (χ0) is 22.4. The number of carbonyl (C=O) groups is 1. The summed E-state index contributed by atoms with van der Waals surface area (Å²) in [4.78, 5) is 26.2. The number of amides is 1. The molecule has 0 bridgehead atoms. The van der Waals surface area contributed by atoms with Gasteiger partial charge in [-0.25, -0.2) is 9.97 Å². The van der Waals surface area contributed by atoms with Gasteiger partial charge in [0.05, 0.1) is 23.5 Å². The minimum atomic E-state index is -0.0723. The van der Waals surface area contributed by atoms with E-state index >= 15 is 0 Å². The third kappa shape index (κ3) is 3.94. The van der Waals surface area contributed by atoms with Gasteiger partial charge in [0.25, 0.3) is 0 Å². The van der Waals surface area contributed by atoms with E-state index in [9.17, 15) is 4.79 Å². The van der Waals surface area contributed by atoms with Gasteiger partial charge >= 0.3 is 0 Å². The largest absolute Gasteiger partial charge is 0.303 e. The van der Waals surface area contributed by atoms with E-state index in [0.717, 1.165) is 53.4 Å². The SMILES string of the molecule is Cc1ccn2c(CC(=O)Nc3nc4c(s3)CN(C)CC4)c(-c3ccc(C)c(C)c3)nc2c1. The number of nitrogens with zero attached hydrogens (tertiary/aromatic N) is 4. The van der Waals surface area contributed by atoms with E-state index in [1.54, 1.807) is 11.3 Å². The van der Waals surface area contributed by atoms with Crippen molar-refractivity contribution in [3.63, 3.8) is 0 Å². The van der Waals surface area contributed by atoms with E-state index in [1.165, 1.54) is 16.0 Å². The molecule has 1 N–H and O–H groups in total. The minimum absolute atomic E-state index is 0.0723. The van der Waals surface area contributed by atoms with E-state index in [0.29, 0.717) is 5.13 Å². The van der Waals surface area contributed by atoms with Gasteiger partial charge < -0.3 is 14.6 Å². The monoisotopic (exact) mass is 445 g/mol. The fraction of sp³-hybridized carbons (Fsp3) is 0.320. The van der Waals surface area contributed by atoms with Crippen molar-refractivity contribution in [2.24, 2.45) is 0 Å². The van der Waals surface area contributed by atoms with Crippen molar-refractivity contribution in [3.05, 3.63) is 69.5 Å². The number of aryl methyl sites for hydroxylation is 3. The Hall–Kier alpha value is -3.03. The number of pyridine rings is 1. The summed E-state index contributed by atoms with van der Waals surface area (Å²) in [7, 11) is 2.11. The smallest absolute Gasteiger partial charge is 0.232 e. The predicted molar refractivity (Wildman–Crippen MR) is 129 cm³/mol. The first-order valence-corrected chi connectivity index (χ1v) is 11.7. The normalized spacial score (nSPS) is 14.0. The molecule has 3 aromatic heterocycles. The number of fused-ring (bicyclic) bond motifs is 2. The minimum Gasteiger partial charge on any atom is -0.303 e. The summed E-state index contributed by atoms with van der Waals surface area (Å²) in [5, 5.41) is 3.72. The van der Waals surface area contributed by atoms with Crippen molar-refractivity contribution in [1.82, 2.24) is 19.3 Å². The standard InChI is InChI=1S/C25H27N5OS/c1-15-7-10-30-20(24(27-22(30)11-15)18-6-5-16(2)17(3)12-18)13-23(31)28-25-26-19-8-9-29(4)14-21(19)32-25/h5-7,10-12H,8-9,13-14H2,1-4H3,(H,26,28,31). The Morgan fingerprint density at radius 2 is 1.97 bits per heavy atom.